The van der Waals surface area contributed by atoms with Crippen LogP contribution in [0.5, 0.6) is 5.75 Å². The molecule has 0 aliphatic rings. The summed E-state index contributed by atoms with van der Waals surface area (Å²) in [4.78, 5) is 11.8. The van der Waals surface area contributed by atoms with Crippen LogP contribution in [-0.4, -0.2) is 0 Å². The molecule has 0 unspecified atom stereocenters. The van der Waals surface area contributed by atoms with E-state index in [1.165, 1.54) is 5.56 Å². The monoisotopic (exact) mass is 322 g/mol. The Bertz CT molecular complexity index is 893. The lowest BCUT2D eigenvalue weighted by atomic mass is 10.0. The minimum Gasteiger partial charge on any atom is -0.489 e. The standard InChI is InChI=1S/C21H22O3/c1-3-4-8-16-12-21(22)24-20-13-18(10-11-19(16)20)23-14-17-9-6-5-7-15(17)2/h5-7,9-13H,3-4,8,14H2,1-2H3. The molecule has 0 amide bonds. The Morgan fingerprint density at radius 1 is 1.04 bits per heavy atom. The number of benzene rings is 2. The van der Waals surface area contributed by atoms with Crippen LogP contribution >= 0.6 is 0 Å². The highest BCUT2D eigenvalue weighted by Crippen LogP contribution is 2.24. The second-order valence-corrected chi connectivity index (χ2v) is 6.07. The second-order valence-electron chi connectivity index (χ2n) is 6.07. The molecule has 0 spiro atoms. The minimum atomic E-state index is -0.301. The first-order valence-corrected chi connectivity index (χ1v) is 8.41. The van der Waals surface area contributed by atoms with E-state index in [4.69, 9.17) is 9.15 Å². The van der Waals surface area contributed by atoms with Gasteiger partial charge in [0.1, 0.15) is 17.9 Å². The van der Waals surface area contributed by atoms with Crippen molar-refractivity contribution in [1.29, 1.82) is 0 Å². The Hall–Kier alpha value is -2.55. The van der Waals surface area contributed by atoms with E-state index in [2.05, 4.69) is 26.0 Å². The Kier molecular flexibility index (Phi) is 4.99. The molecule has 2 aromatic carbocycles. The zero-order valence-corrected chi connectivity index (χ0v) is 14.2. The number of ether oxygens (including phenoxy) is 1. The summed E-state index contributed by atoms with van der Waals surface area (Å²) in [6.07, 6.45) is 3.05. The van der Waals surface area contributed by atoms with Gasteiger partial charge >= 0.3 is 5.63 Å². The van der Waals surface area contributed by atoms with E-state index in [1.54, 1.807) is 6.07 Å². The average Bonchev–Trinajstić information content (AvgIpc) is 2.58. The maximum absolute atomic E-state index is 11.8. The van der Waals surface area contributed by atoms with Gasteiger partial charge in [0.05, 0.1) is 0 Å². The van der Waals surface area contributed by atoms with Gasteiger partial charge in [-0.05, 0) is 48.6 Å². The van der Waals surface area contributed by atoms with Crippen LogP contribution in [0.2, 0.25) is 0 Å². The van der Waals surface area contributed by atoms with Gasteiger partial charge in [-0.25, -0.2) is 4.79 Å². The highest BCUT2D eigenvalue weighted by atomic mass is 16.5. The van der Waals surface area contributed by atoms with Gasteiger partial charge in [-0.2, -0.15) is 0 Å². The third-order valence-electron chi connectivity index (χ3n) is 4.26. The molecule has 124 valence electrons. The molecule has 0 aliphatic carbocycles. The third kappa shape index (κ3) is 3.67. The quantitative estimate of drug-likeness (QED) is 0.598. The van der Waals surface area contributed by atoms with E-state index >= 15 is 0 Å². The predicted molar refractivity (Wildman–Crippen MR) is 96.6 cm³/mol. The fourth-order valence-corrected chi connectivity index (χ4v) is 2.81. The maximum Gasteiger partial charge on any atom is 0.336 e. The summed E-state index contributed by atoms with van der Waals surface area (Å²) in [5.41, 5.74) is 3.69. The molecule has 3 heteroatoms. The van der Waals surface area contributed by atoms with Gasteiger partial charge < -0.3 is 9.15 Å². The summed E-state index contributed by atoms with van der Waals surface area (Å²) in [5, 5.41) is 0.992. The molecule has 0 atom stereocenters. The number of fused-ring (bicyclic) bond motifs is 1. The van der Waals surface area contributed by atoms with Crippen LogP contribution in [0.15, 0.2) is 57.7 Å². The van der Waals surface area contributed by atoms with E-state index in [-0.39, 0.29) is 5.63 Å². The summed E-state index contributed by atoms with van der Waals surface area (Å²) in [6.45, 7) is 4.71. The topological polar surface area (TPSA) is 39.4 Å². The van der Waals surface area contributed by atoms with Crippen molar-refractivity contribution in [2.75, 3.05) is 0 Å². The van der Waals surface area contributed by atoms with Gasteiger partial charge in [-0.1, -0.05) is 37.6 Å². The molecule has 0 fully saturated rings. The van der Waals surface area contributed by atoms with Crippen molar-refractivity contribution in [3.05, 3.63) is 75.6 Å². The third-order valence-corrected chi connectivity index (χ3v) is 4.26. The van der Waals surface area contributed by atoms with Crippen LogP contribution in [-0.2, 0) is 13.0 Å². The minimum absolute atomic E-state index is 0.301. The van der Waals surface area contributed by atoms with Crippen LogP contribution in [0.25, 0.3) is 11.0 Å². The Labute approximate surface area is 141 Å². The summed E-state index contributed by atoms with van der Waals surface area (Å²) >= 11 is 0. The largest absolute Gasteiger partial charge is 0.489 e. The van der Waals surface area contributed by atoms with Crippen molar-refractivity contribution in [2.24, 2.45) is 0 Å². The van der Waals surface area contributed by atoms with E-state index in [0.29, 0.717) is 17.9 Å². The number of hydrogen-bond donors (Lipinski definition) is 0. The van der Waals surface area contributed by atoms with Gasteiger partial charge in [0.25, 0.3) is 0 Å². The highest BCUT2D eigenvalue weighted by Gasteiger charge is 2.07. The van der Waals surface area contributed by atoms with Crippen molar-refractivity contribution >= 4 is 11.0 Å². The van der Waals surface area contributed by atoms with Gasteiger partial charge in [0.2, 0.25) is 0 Å². The van der Waals surface area contributed by atoms with E-state index < -0.39 is 0 Å². The number of unbranched alkanes of at least 4 members (excludes halogenated alkanes) is 1. The molecule has 0 bridgehead atoms. The van der Waals surface area contributed by atoms with E-state index in [1.807, 2.05) is 30.3 Å². The zero-order valence-electron chi connectivity index (χ0n) is 14.2. The molecule has 0 radical (unpaired) electrons. The van der Waals surface area contributed by atoms with Crippen LogP contribution in [0, 0.1) is 6.92 Å². The van der Waals surface area contributed by atoms with Crippen molar-refractivity contribution < 1.29 is 9.15 Å². The normalized spacial score (nSPS) is 10.9. The van der Waals surface area contributed by atoms with Crippen molar-refractivity contribution in [3.63, 3.8) is 0 Å². The molecule has 1 heterocycles. The molecule has 3 rings (SSSR count). The first kappa shape index (κ1) is 16.3. The number of rotatable bonds is 6. The molecular formula is C21H22O3. The summed E-state index contributed by atoms with van der Waals surface area (Å²) < 4.78 is 11.2. The van der Waals surface area contributed by atoms with Crippen LogP contribution < -0.4 is 10.4 Å². The second kappa shape index (κ2) is 7.35. The van der Waals surface area contributed by atoms with Crippen molar-refractivity contribution in [2.45, 2.75) is 39.7 Å². The predicted octanol–water partition coefficient (Wildman–Crippen LogP) is 5.02. The highest BCUT2D eigenvalue weighted by molar-refractivity contribution is 5.81. The maximum atomic E-state index is 11.8. The van der Waals surface area contributed by atoms with Gasteiger partial charge in [-0.3, -0.25) is 0 Å². The molecule has 0 aliphatic heterocycles. The molecule has 3 aromatic rings. The molecular weight excluding hydrogens is 300 g/mol. The van der Waals surface area contributed by atoms with Crippen molar-refractivity contribution in [1.82, 2.24) is 0 Å². The van der Waals surface area contributed by atoms with E-state index in [9.17, 15) is 4.79 Å². The molecule has 0 saturated carbocycles. The first-order valence-electron chi connectivity index (χ1n) is 8.41. The average molecular weight is 322 g/mol. The molecule has 1 aromatic heterocycles. The Morgan fingerprint density at radius 2 is 1.88 bits per heavy atom. The molecule has 3 nitrogen and oxygen atoms in total. The van der Waals surface area contributed by atoms with Crippen LogP contribution in [0.3, 0.4) is 0 Å². The van der Waals surface area contributed by atoms with E-state index in [0.717, 1.165) is 35.8 Å². The zero-order chi connectivity index (χ0) is 16.9. The summed E-state index contributed by atoms with van der Waals surface area (Å²) in [7, 11) is 0. The van der Waals surface area contributed by atoms with Gasteiger partial charge in [0, 0.05) is 17.5 Å². The Morgan fingerprint density at radius 3 is 2.67 bits per heavy atom. The lowest BCUT2D eigenvalue weighted by Gasteiger charge is -2.10. The fraction of sp³-hybridized carbons (Fsp3) is 0.286. The van der Waals surface area contributed by atoms with Gasteiger partial charge in [0.15, 0.2) is 0 Å². The number of aryl methyl sites for hydroxylation is 2. The molecule has 24 heavy (non-hydrogen) atoms. The smallest absolute Gasteiger partial charge is 0.336 e. The fourth-order valence-electron chi connectivity index (χ4n) is 2.81. The van der Waals surface area contributed by atoms with Crippen LogP contribution in [0.4, 0.5) is 0 Å². The Balaban J connectivity index is 1.86. The molecule has 0 saturated heterocycles. The lowest BCUT2D eigenvalue weighted by Crippen LogP contribution is -2.02. The summed E-state index contributed by atoms with van der Waals surface area (Å²) in [6, 6.07) is 15.5. The first-order chi connectivity index (χ1) is 11.7. The lowest BCUT2D eigenvalue weighted by molar-refractivity contribution is 0.305. The summed E-state index contributed by atoms with van der Waals surface area (Å²) in [5.74, 6) is 0.710. The van der Waals surface area contributed by atoms with Gasteiger partial charge in [-0.15, -0.1) is 0 Å². The number of hydrogen-bond acceptors (Lipinski definition) is 3. The van der Waals surface area contributed by atoms with Crippen LogP contribution in [0.1, 0.15) is 36.5 Å². The van der Waals surface area contributed by atoms with Crippen molar-refractivity contribution in [3.8, 4) is 5.75 Å². The SMILES string of the molecule is CCCCc1cc(=O)oc2cc(OCc3ccccc3C)ccc12. The molecule has 0 N–H and O–H groups in total.